The van der Waals surface area contributed by atoms with Crippen molar-refractivity contribution >= 4 is 22.6 Å². The first-order valence-corrected chi connectivity index (χ1v) is 10.1. The van der Waals surface area contributed by atoms with Crippen LogP contribution in [0.15, 0.2) is 35.1 Å². The van der Waals surface area contributed by atoms with Crippen molar-refractivity contribution in [2.24, 2.45) is 5.92 Å². The average molecular weight is 433 g/mol. The number of rotatable bonds is 5. The molecule has 1 aliphatic rings. The first-order chi connectivity index (χ1) is 14.8. The molecule has 1 saturated heterocycles. The molecule has 0 aliphatic carbocycles. The van der Waals surface area contributed by atoms with E-state index in [1.165, 1.54) is 0 Å². The molecule has 1 fully saturated rings. The number of anilines is 1. The molecule has 4 rings (SSSR count). The zero-order valence-electron chi connectivity index (χ0n) is 16.9. The molecule has 3 aromatic heterocycles. The molecule has 164 valence electrons. The number of pyridine rings is 2. The van der Waals surface area contributed by atoms with Crippen LogP contribution in [0, 0.1) is 12.8 Å². The van der Waals surface area contributed by atoms with Gasteiger partial charge in [0.25, 0.3) is 0 Å². The van der Waals surface area contributed by atoms with E-state index in [1.54, 1.807) is 23.4 Å². The number of fused-ring (bicyclic) bond motifs is 1. The lowest BCUT2D eigenvalue weighted by Gasteiger charge is -2.31. The second-order valence-corrected chi connectivity index (χ2v) is 7.79. The van der Waals surface area contributed by atoms with Crippen molar-refractivity contribution < 1.29 is 22.5 Å². The third-order valence-electron chi connectivity index (χ3n) is 5.40. The van der Waals surface area contributed by atoms with E-state index in [0.29, 0.717) is 43.0 Å². The number of hydrogen-bond acceptors (Lipinski definition) is 6. The molecule has 31 heavy (non-hydrogen) atoms. The minimum Gasteiger partial charge on any atom is -0.356 e. The lowest BCUT2D eigenvalue weighted by atomic mass is 9.96. The Morgan fingerprint density at radius 3 is 2.65 bits per heavy atom. The van der Waals surface area contributed by atoms with Gasteiger partial charge in [-0.1, -0.05) is 5.16 Å². The van der Waals surface area contributed by atoms with E-state index in [2.05, 4.69) is 20.4 Å². The molecule has 1 aliphatic heterocycles. The van der Waals surface area contributed by atoms with Crippen LogP contribution in [0.25, 0.3) is 22.2 Å². The fourth-order valence-electron chi connectivity index (χ4n) is 3.67. The van der Waals surface area contributed by atoms with Gasteiger partial charge in [-0.3, -0.25) is 9.78 Å². The molecule has 0 atom stereocenters. The summed E-state index contributed by atoms with van der Waals surface area (Å²) in [5.74, 6) is 0.592. The number of carbonyl (C=O) groups excluding carboxylic acids is 1. The van der Waals surface area contributed by atoms with Crippen LogP contribution in [0.4, 0.5) is 19.0 Å². The Balaban J connectivity index is 1.38. The Bertz CT molecular complexity index is 1070. The highest BCUT2D eigenvalue weighted by Gasteiger charge is 2.30. The van der Waals surface area contributed by atoms with Crippen molar-refractivity contribution in [3.63, 3.8) is 0 Å². The summed E-state index contributed by atoms with van der Waals surface area (Å²) in [5, 5.41) is 7.50. The van der Waals surface area contributed by atoms with Crippen LogP contribution < -0.4 is 5.32 Å². The Hall–Kier alpha value is -3.01. The quantitative estimate of drug-likeness (QED) is 0.649. The average Bonchev–Trinajstić information content (AvgIpc) is 3.18. The van der Waals surface area contributed by atoms with Crippen molar-refractivity contribution in [1.29, 1.82) is 0 Å². The predicted octanol–water partition coefficient (Wildman–Crippen LogP) is 4.20. The van der Waals surface area contributed by atoms with Crippen LogP contribution >= 0.6 is 0 Å². The van der Waals surface area contributed by atoms with Crippen LogP contribution in [0.2, 0.25) is 0 Å². The first-order valence-electron chi connectivity index (χ1n) is 10.1. The highest BCUT2D eigenvalue weighted by atomic mass is 19.4. The third-order valence-corrected chi connectivity index (χ3v) is 5.40. The minimum atomic E-state index is -4.16. The van der Waals surface area contributed by atoms with E-state index in [-0.39, 0.29) is 18.4 Å². The number of nitrogens with one attached hydrogen (secondary N) is 1. The number of carbonyl (C=O) groups is 1. The van der Waals surface area contributed by atoms with E-state index < -0.39 is 12.6 Å². The molecule has 0 bridgehead atoms. The number of nitrogens with zero attached hydrogens (tertiary/aromatic N) is 4. The SMILES string of the molecule is Cc1cc(-c2cnc3cnc(NC(=O)C4CCN(CCC(F)(F)F)CC4)cc3c2)on1. The molecular formula is C21H22F3N5O2. The summed E-state index contributed by atoms with van der Waals surface area (Å²) in [6, 6.07) is 5.44. The standard InChI is InChI=1S/C21H22F3N5O2/c1-13-8-18(31-28-13)16-9-15-10-19(26-12-17(15)25-11-16)27-20(30)14-2-5-29(6-3-14)7-4-21(22,23)24/h8-12,14H,2-7H2,1H3,(H,26,27,30). The van der Waals surface area contributed by atoms with Gasteiger partial charge in [0.1, 0.15) is 5.82 Å². The van der Waals surface area contributed by atoms with E-state index in [9.17, 15) is 18.0 Å². The minimum absolute atomic E-state index is 0.0237. The lowest BCUT2D eigenvalue weighted by Crippen LogP contribution is -2.39. The molecule has 0 unspecified atom stereocenters. The van der Waals surface area contributed by atoms with Gasteiger partial charge < -0.3 is 14.7 Å². The molecule has 0 radical (unpaired) electrons. The zero-order chi connectivity index (χ0) is 22.0. The smallest absolute Gasteiger partial charge is 0.356 e. The number of piperidine rings is 1. The van der Waals surface area contributed by atoms with Crippen molar-refractivity contribution in [2.75, 3.05) is 25.0 Å². The number of alkyl halides is 3. The summed E-state index contributed by atoms with van der Waals surface area (Å²) < 4.78 is 42.4. The Labute approximate surface area is 176 Å². The normalized spacial score (nSPS) is 16.0. The second-order valence-electron chi connectivity index (χ2n) is 7.79. The van der Waals surface area contributed by atoms with Crippen LogP contribution in [-0.4, -0.2) is 51.7 Å². The Kier molecular flexibility index (Phi) is 5.90. The summed E-state index contributed by atoms with van der Waals surface area (Å²) in [6.07, 6.45) is -0.679. The molecule has 0 aromatic carbocycles. The fraction of sp³-hybridized carbons (Fsp3) is 0.429. The van der Waals surface area contributed by atoms with Crippen LogP contribution in [0.1, 0.15) is 25.0 Å². The topological polar surface area (TPSA) is 84.2 Å². The number of halogens is 3. The Morgan fingerprint density at radius 1 is 1.19 bits per heavy atom. The molecular weight excluding hydrogens is 411 g/mol. The summed E-state index contributed by atoms with van der Waals surface area (Å²) in [5.41, 5.74) is 2.21. The number of likely N-dealkylation sites (tertiary alicyclic amines) is 1. The summed E-state index contributed by atoms with van der Waals surface area (Å²) in [7, 11) is 0. The Morgan fingerprint density at radius 2 is 1.97 bits per heavy atom. The third kappa shape index (κ3) is 5.38. The summed E-state index contributed by atoms with van der Waals surface area (Å²) >= 11 is 0. The van der Waals surface area contributed by atoms with E-state index >= 15 is 0 Å². The number of amides is 1. The maximum absolute atomic E-state index is 12.6. The van der Waals surface area contributed by atoms with Gasteiger partial charge in [-0.25, -0.2) is 4.98 Å². The summed E-state index contributed by atoms with van der Waals surface area (Å²) in [4.78, 5) is 23.0. The van der Waals surface area contributed by atoms with Gasteiger partial charge >= 0.3 is 6.18 Å². The fourth-order valence-corrected chi connectivity index (χ4v) is 3.67. The highest BCUT2D eigenvalue weighted by molar-refractivity contribution is 5.94. The van der Waals surface area contributed by atoms with Crippen LogP contribution in [0.5, 0.6) is 0 Å². The monoisotopic (exact) mass is 433 g/mol. The molecule has 1 N–H and O–H groups in total. The van der Waals surface area contributed by atoms with Gasteiger partial charge in [0.05, 0.1) is 23.8 Å². The second kappa shape index (κ2) is 8.62. The number of aromatic nitrogens is 3. The summed E-state index contributed by atoms with van der Waals surface area (Å²) in [6.45, 7) is 2.76. The number of hydrogen-bond donors (Lipinski definition) is 1. The van der Waals surface area contributed by atoms with Gasteiger partial charge in [-0.05, 0) is 45.0 Å². The molecule has 0 spiro atoms. The maximum atomic E-state index is 12.6. The lowest BCUT2D eigenvalue weighted by molar-refractivity contribution is -0.139. The van der Waals surface area contributed by atoms with Crippen molar-refractivity contribution in [3.05, 3.63) is 36.3 Å². The molecule has 0 saturated carbocycles. The molecule has 3 aromatic rings. The van der Waals surface area contributed by atoms with Crippen LogP contribution in [-0.2, 0) is 4.79 Å². The zero-order valence-corrected chi connectivity index (χ0v) is 16.9. The van der Waals surface area contributed by atoms with Gasteiger partial charge in [-0.15, -0.1) is 0 Å². The molecule has 4 heterocycles. The maximum Gasteiger partial charge on any atom is 0.390 e. The first kappa shape index (κ1) is 21.2. The van der Waals surface area contributed by atoms with E-state index in [0.717, 1.165) is 16.6 Å². The predicted molar refractivity (Wildman–Crippen MR) is 108 cm³/mol. The van der Waals surface area contributed by atoms with Crippen LogP contribution in [0.3, 0.4) is 0 Å². The van der Waals surface area contributed by atoms with Gasteiger partial charge in [0.2, 0.25) is 5.91 Å². The highest BCUT2D eigenvalue weighted by Crippen LogP contribution is 2.26. The molecule has 7 nitrogen and oxygen atoms in total. The van der Waals surface area contributed by atoms with Crippen molar-refractivity contribution in [2.45, 2.75) is 32.4 Å². The molecule has 1 amide bonds. The number of aryl methyl sites for hydroxylation is 1. The van der Waals surface area contributed by atoms with Gasteiger partial charge in [0.15, 0.2) is 5.76 Å². The van der Waals surface area contributed by atoms with Crippen molar-refractivity contribution in [1.82, 2.24) is 20.0 Å². The van der Waals surface area contributed by atoms with Crippen molar-refractivity contribution in [3.8, 4) is 11.3 Å². The van der Waals surface area contributed by atoms with Gasteiger partial charge in [0, 0.05) is 35.7 Å². The van der Waals surface area contributed by atoms with E-state index in [1.807, 2.05) is 19.1 Å². The molecule has 10 heteroatoms. The van der Waals surface area contributed by atoms with E-state index in [4.69, 9.17) is 4.52 Å². The van der Waals surface area contributed by atoms with Gasteiger partial charge in [-0.2, -0.15) is 13.2 Å². The largest absolute Gasteiger partial charge is 0.390 e.